The number of rotatable bonds is 5. The number of fused-ring (bicyclic) bond motifs is 1. The van der Waals surface area contributed by atoms with E-state index in [2.05, 4.69) is 15.3 Å². The average molecular weight is 309 g/mol. The average Bonchev–Trinajstić information content (AvgIpc) is 2.88. The second kappa shape index (κ2) is 6.00. The van der Waals surface area contributed by atoms with Crippen LogP contribution in [0.5, 0.6) is 0 Å². The molecule has 1 atom stereocenters. The Morgan fingerprint density at radius 1 is 1.45 bits per heavy atom. The van der Waals surface area contributed by atoms with E-state index >= 15 is 0 Å². The molecular formula is C15H17F2N3O2. The van der Waals surface area contributed by atoms with Crippen molar-refractivity contribution < 1.29 is 18.7 Å². The van der Waals surface area contributed by atoms with E-state index in [0.717, 1.165) is 19.3 Å². The van der Waals surface area contributed by atoms with Gasteiger partial charge >= 0.3 is 0 Å². The molecule has 1 aliphatic carbocycles. The van der Waals surface area contributed by atoms with Crippen molar-refractivity contribution in [3.63, 3.8) is 0 Å². The van der Waals surface area contributed by atoms with E-state index in [0.29, 0.717) is 5.52 Å². The number of alkyl halides is 2. The van der Waals surface area contributed by atoms with Gasteiger partial charge in [0.15, 0.2) is 5.82 Å². The maximum absolute atomic E-state index is 12.7. The number of aromatic nitrogens is 2. The van der Waals surface area contributed by atoms with Crippen molar-refractivity contribution in [3.05, 3.63) is 29.6 Å². The molecule has 0 saturated heterocycles. The molecule has 7 heteroatoms. The summed E-state index contributed by atoms with van der Waals surface area (Å²) in [7, 11) is 0. The van der Waals surface area contributed by atoms with Crippen molar-refractivity contribution in [2.45, 2.75) is 31.7 Å². The molecule has 1 unspecified atom stereocenters. The largest absolute Gasteiger partial charge is 0.394 e. The lowest BCUT2D eigenvalue weighted by atomic mass is 9.80. The number of hydrogen-bond acceptors (Lipinski definition) is 3. The zero-order chi connectivity index (χ0) is 15.7. The Morgan fingerprint density at radius 2 is 2.23 bits per heavy atom. The molecule has 2 aromatic rings. The van der Waals surface area contributed by atoms with E-state index in [1.54, 1.807) is 18.2 Å². The van der Waals surface area contributed by atoms with Crippen LogP contribution < -0.4 is 5.32 Å². The Balaban J connectivity index is 1.86. The molecule has 1 saturated carbocycles. The summed E-state index contributed by atoms with van der Waals surface area (Å²) in [6.45, 7) is -0.130. The maximum atomic E-state index is 12.7. The van der Waals surface area contributed by atoms with Crippen LogP contribution in [0.25, 0.3) is 11.0 Å². The summed E-state index contributed by atoms with van der Waals surface area (Å²) in [5, 5.41) is 12.2. The van der Waals surface area contributed by atoms with Crippen LogP contribution in [0.2, 0.25) is 0 Å². The summed E-state index contributed by atoms with van der Waals surface area (Å²) in [5.41, 5.74) is 0.853. The minimum absolute atomic E-state index is 0.130. The molecule has 0 aliphatic heterocycles. The van der Waals surface area contributed by atoms with Gasteiger partial charge in [-0.2, -0.15) is 0 Å². The number of para-hydroxylation sites is 1. The van der Waals surface area contributed by atoms with E-state index in [-0.39, 0.29) is 29.6 Å². The number of halogens is 2. The molecule has 1 heterocycles. The first-order valence-electron chi connectivity index (χ1n) is 7.28. The van der Waals surface area contributed by atoms with Crippen LogP contribution in [0.3, 0.4) is 0 Å². The fourth-order valence-corrected chi connectivity index (χ4v) is 2.74. The fraction of sp³-hybridized carbons (Fsp3) is 0.467. The summed E-state index contributed by atoms with van der Waals surface area (Å²) in [6, 6.07) is 4.45. The van der Waals surface area contributed by atoms with Gasteiger partial charge in [0.05, 0.1) is 23.7 Å². The lowest BCUT2D eigenvalue weighted by Crippen LogP contribution is -2.45. The number of aromatic amines is 1. The Hall–Kier alpha value is -2.02. The molecule has 3 rings (SSSR count). The fourth-order valence-electron chi connectivity index (χ4n) is 2.74. The number of nitrogens with one attached hydrogen (secondary N) is 2. The first-order valence-corrected chi connectivity index (χ1v) is 7.28. The number of carbonyl (C=O) groups excluding carboxylic acids is 1. The molecule has 1 fully saturated rings. The number of nitrogens with zero attached hydrogens (tertiary/aromatic N) is 1. The molecule has 3 N–H and O–H groups in total. The van der Waals surface area contributed by atoms with Gasteiger partial charge in [-0.1, -0.05) is 12.5 Å². The van der Waals surface area contributed by atoms with Gasteiger partial charge < -0.3 is 15.4 Å². The Morgan fingerprint density at radius 3 is 2.82 bits per heavy atom. The highest BCUT2D eigenvalue weighted by Crippen LogP contribution is 2.30. The van der Waals surface area contributed by atoms with Gasteiger partial charge in [0, 0.05) is 0 Å². The van der Waals surface area contributed by atoms with E-state index in [1.807, 2.05) is 0 Å². The molecule has 1 amide bonds. The van der Waals surface area contributed by atoms with Gasteiger partial charge in [-0.25, -0.2) is 13.8 Å². The van der Waals surface area contributed by atoms with Gasteiger partial charge in [-0.15, -0.1) is 0 Å². The van der Waals surface area contributed by atoms with Crippen LogP contribution in [0, 0.1) is 5.92 Å². The third-order valence-corrected chi connectivity index (χ3v) is 4.21. The third-order valence-electron chi connectivity index (χ3n) is 4.21. The van der Waals surface area contributed by atoms with Crippen molar-refractivity contribution in [1.29, 1.82) is 0 Å². The summed E-state index contributed by atoms with van der Waals surface area (Å²) in [5.74, 6) is -0.569. The lowest BCUT2D eigenvalue weighted by molar-refractivity contribution is 0.0847. The van der Waals surface area contributed by atoms with Crippen molar-refractivity contribution in [3.8, 4) is 0 Å². The molecule has 118 valence electrons. The van der Waals surface area contributed by atoms with Gasteiger partial charge in [0.1, 0.15) is 5.52 Å². The normalized spacial score (nSPS) is 16.7. The second-order valence-electron chi connectivity index (χ2n) is 5.58. The van der Waals surface area contributed by atoms with Crippen LogP contribution in [0.15, 0.2) is 18.2 Å². The van der Waals surface area contributed by atoms with Crippen LogP contribution in [-0.2, 0) is 0 Å². The van der Waals surface area contributed by atoms with Crippen LogP contribution in [0.4, 0.5) is 8.78 Å². The minimum Gasteiger partial charge on any atom is -0.394 e. The van der Waals surface area contributed by atoms with E-state index in [1.165, 1.54) is 0 Å². The molecule has 22 heavy (non-hydrogen) atoms. The van der Waals surface area contributed by atoms with Crippen molar-refractivity contribution in [2.75, 3.05) is 6.61 Å². The highest BCUT2D eigenvalue weighted by atomic mass is 19.3. The number of amides is 1. The first kappa shape index (κ1) is 14.9. The van der Waals surface area contributed by atoms with Crippen LogP contribution >= 0.6 is 0 Å². The molecule has 0 bridgehead atoms. The monoisotopic (exact) mass is 309 g/mol. The summed E-state index contributed by atoms with van der Waals surface area (Å²) >= 11 is 0. The lowest BCUT2D eigenvalue weighted by Gasteiger charge is -2.33. The van der Waals surface area contributed by atoms with Gasteiger partial charge in [0.2, 0.25) is 0 Å². The predicted molar refractivity (Wildman–Crippen MR) is 76.7 cm³/mol. The molecule has 5 nitrogen and oxygen atoms in total. The SMILES string of the molecule is O=C(NC(CO)C1CCC1)c1cccc2[nH]c(C(F)F)nc12. The zero-order valence-corrected chi connectivity index (χ0v) is 11.9. The third kappa shape index (κ3) is 2.68. The highest BCUT2D eigenvalue weighted by molar-refractivity contribution is 6.05. The summed E-state index contributed by atoms with van der Waals surface area (Å²) < 4.78 is 25.5. The number of H-pyrrole nitrogens is 1. The zero-order valence-electron chi connectivity index (χ0n) is 11.9. The Labute approximate surface area is 125 Å². The van der Waals surface area contributed by atoms with Crippen molar-refractivity contribution >= 4 is 16.9 Å². The first-order chi connectivity index (χ1) is 10.6. The number of aliphatic hydroxyl groups is 1. The van der Waals surface area contributed by atoms with E-state index < -0.39 is 18.2 Å². The number of carbonyl (C=O) groups is 1. The van der Waals surface area contributed by atoms with Crippen molar-refractivity contribution in [2.24, 2.45) is 5.92 Å². The van der Waals surface area contributed by atoms with Crippen LogP contribution in [0.1, 0.15) is 41.9 Å². The van der Waals surface area contributed by atoms with Gasteiger partial charge in [0.25, 0.3) is 12.3 Å². The quantitative estimate of drug-likeness (QED) is 0.793. The van der Waals surface area contributed by atoms with E-state index in [9.17, 15) is 18.7 Å². The summed E-state index contributed by atoms with van der Waals surface area (Å²) in [6.07, 6.45) is 0.342. The Kier molecular flexibility index (Phi) is 4.06. The van der Waals surface area contributed by atoms with Crippen LogP contribution in [-0.4, -0.2) is 33.6 Å². The molecule has 1 aromatic carbocycles. The molecule has 1 aliphatic rings. The molecule has 0 radical (unpaired) electrons. The number of imidazole rings is 1. The number of benzene rings is 1. The summed E-state index contributed by atoms with van der Waals surface area (Å²) in [4.78, 5) is 18.7. The number of aliphatic hydroxyl groups excluding tert-OH is 1. The van der Waals surface area contributed by atoms with Crippen molar-refractivity contribution in [1.82, 2.24) is 15.3 Å². The molecule has 1 aromatic heterocycles. The predicted octanol–water partition coefficient (Wildman–Crippen LogP) is 2.39. The Bertz CT molecular complexity index is 682. The second-order valence-corrected chi connectivity index (χ2v) is 5.58. The van der Waals surface area contributed by atoms with Gasteiger partial charge in [-0.3, -0.25) is 4.79 Å². The maximum Gasteiger partial charge on any atom is 0.295 e. The highest BCUT2D eigenvalue weighted by Gasteiger charge is 2.28. The standard InChI is InChI=1S/C15H17F2N3O2/c16-13(17)14-18-10-6-2-5-9(12(10)20-14)15(22)19-11(7-21)8-3-1-4-8/h2,5-6,8,11,13,21H,1,3-4,7H2,(H,18,20)(H,19,22). The molecule has 0 spiro atoms. The smallest absolute Gasteiger partial charge is 0.295 e. The topological polar surface area (TPSA) is 78.0 Å². The molecular weight excluding hydrogens is 292 g/mol. The number of hydrogen-bond donors (Lipinski definition) is 3. The van der Waals surface area contributed by atoms with Gasteiger partial charge in [-0.05, 0) is 30.9 Å². The van der Waals surface area contributed by atoms with E-state index in [4.69, 9.17) is 0 Å². The minimum atomic E-state index is -2.72.